The fourth-order valence-corrected chi connectivity index (χ4v) is 3.99. The molecule has 8 heteroatoms. The smallest absolute Gasteiger partial charge is 0.281 e. The van der Waals surface area contributed by atoms with Crippen LogP contribution < -0.4 is 10.1 Å². The molecule has 1 aliphatic rings. The van der Waals surface area contributed by atoms with Crippen molar-refractivity contribution in [2.24, 2.45) is 5.92 Å². The van der Waals surface area contributed by atoms with Gasteiger partial charge in [0.05, 0.1) is 12.5 Å². The maximum absolute atomic E-state index is 12.4. The summed E-state index contributed by atoms with van der Waals surface area (Å²) in [5.74, 6) is 0.383. The van der Waals surface area contributed by atoms with Crippen LogP contribution in [0.2, 0.25) is 0 Å². The number of carbonyl (C=O) groups is 1. The predicted octanol–water partition coefficient (Wildman–Crippen LogP) is 1.22. The first kappa shape index (κ1) is 19.7. The zero-order chi connectivity index (χ0) is 18.4. The fraction of sp³-hybridized carbons (Fsp3) is 0.588. The lowest BCUT2D eigenvalue weighted by Gasteiger charge is -2.32. The van der Waals surface area contributed by atoms with Crippen LogP contribution in [0.15, 0.2) is 24.3 Å². The van der Waals surface area contributed by atoms with Gasteiger partial charge in [-0.15, -0.1) is 0 Å². The zero-order valence-electron chi connectivity index (χ0n) is 15.1. The molecular formula is C17H27N3O4S. The Hall–Kier alpha value is -1.64. The molecule has 25 heavy (non-hydrogen) atoms. The fourth-order valence-electron chi connectivity index (χ4n) is 2.80. The number of amides is 1. The summed E-state index contributed by atoms with van der Waals surface area (Å²) in [5.41, 5.74) is 0.977. The second kappa shape index (κ2) is 8.64. The third kappa shape index (κ3) is 5.17. The summed E-state index contributed by atoms with van der Waals surface area (Å²) < 4.78 is 32.4. The van der Waals surface area contributed by atoms with Gasteiger partial charge in [0.25, 0.3) is 10.2 Å². The Balaban J connectivity index is 1.90. The van der Waals surface area contributed by atoms with Crippen molar-refractivity contribution in [2.75, 3.05) is 33.8 Å². The summed E-state index contributed by atoms with van der Waals surface area (Å²) in [6, 6.07) is 7.57. The van der Waals surface area contributed by atoms with Crippen LogP contribution in [0.4, 0.5) is 0 Å². The van der Waals surface area contributed by atoms with Crippen LogP contribution in [0.25, 0.3) is 0 Å². The molecule has 0 saturated carbocycles. The molecule has 1 amide bonds. The topological polar surface area (TPSA) is 79.0 Å². The van der Waals surface area contributed by atoms with E-state index >= 15 is 0 Å². The van der Waals surface area contributed by atoms with E-state index in [0.29, 0.717) is 32.5 Å². The van der Waals surface area contributed by atoms with Gasteiger partial charge >= 0.3 is 0 Å². The molecule has 1 saturated heterocycles. The van der Waals surface area contributed by atoms with Gasteiger partial charge < -0.3 is 10.1 Å². The summed E-state index contributed by atoms with van der Waals surface area (Å²) in [6.45, 7) is 3.66. The molecule has 0 unspecified atom stereocenters. The minimum atomic E-state index is -3.47. The van der Waals surface area contributed by atoms with E-state index in [-0.39, 0.29) is 18.4 Å². The van der Waals surface area contributed by atoms with Crippen LogP contribution >= 0.6 is 0 Å². The van der Waals surface area contributed by atoms with Gasteiger partial charge in [0.15, 0.2) is 0 Å². The van der Waals surface area contributed by atoms with Gasteiger partial charge in [0.2, 0.25) is 5.91 Å². The summed E-state index contributed by atoms with van der Waals surface area (Å²) in [4.78, 5) is 12.4. The highest BCUT2D eigenvalue weighted by atomic mass is 32.2. The Bertz CT molecular complexity index is 674. The molecule has 0 radical (unpaired) electrons. The number of nitrogens with zero attached hydrogens (tertiary/aromatic N) is 2. The zero-order valence-corrected chi connectivity index (χ0v) is 15.9. The van der Waals surface area contributed by atoms with Crippen molar-refractivity contribution in [1.82, 2.24) is 13.9 Å². The summed E-state index contributed by atoms with van der Waals surface area (Å²) in [7, 11) is -0.461. The normalized spacial score (nSPS) is 19.0. The molecule has 1 atom stereocenters. The predicted molar refractivity (Wildman–Crippen MR) is 96.4 cm³/mol. The van der Waals surface area contributed by atoms with Crippen LogP contribution in [-0.2, 0) is 21.5 Å². The lowest BCUT2D eigenvalue weighted by atomic mass is 9.99. The number of hydrogen-bond acceptors (Lipinski definition) is 4. The molecule has 0 aromatic heterocycles. The first-order chi connectivity index (χ1) is 11.8. The maximum Gasteiger partial charge on any atom is 0.281 e. The molecule has 2 rings (SSSR count). The standard InChI is InChI=1S/C17H27N3O4S/c1-4-24-16-9-7-14(8-10-16)12-18-17(21)15-6-5-11-20(13-15)25(22,23)19(2)3/h7-10,15H,4-6,11-13H2,1-3H3,(H,18,21)/t15-/m1/s1. The first-order valence-electron chi connectivity index (χ1n) is 8.51. The highest BCUT2D eigenvalue weighted by molar-refractivity contribution is 7.86. The van der Waals surface area contributed by atoms with Crippen molar-refractivity contribution < 1.29 is 17.9 Å². The minimum Gasteiger partial charge on any atom is -0.494 e. The SMILES string of the molecule is CCOc1ccc(CNC(=O)[C@@H]2CCCN(S(=O)(=O)N(C)C)C2)cc1. The molecule has 0 aliphatic carbocycles. The van der Waals surface area contributed by atoms with E-state index in [2.05, 4.69) is 5.32 Å². The summed E-state index contributed by atoms with van der Waals surface area (Å²) >= 11 is 0. The second-order valence-corrected chi connectivity index (χ2v) is 8.42. The third-order valence-electron chi connectivity index (χ3n) is 4.24. The van der Waals surface area contributed by atoms with Gasteiger partial charge in [-0.3, -0.25) is 4.79 Å². The largest absolute Gasteiger partial charge is 0.494 e. The van der Waals surface area contributed by atoms with Crippen molar-refractivity contribution >= 4 is 16.1 Å². The molecule has 1 heterocycles. The monoisotopic (exact) mass is 369 g/mol. The molecule has 0 bridgehead atoms. The van der Waals surface area contributed by atoms with Gasteiger partial charge in [-0.05, 0) is 37.5 Å². The van der Waals surface area contributed by atoms with Crippen LogP contribution in [0.5, 0.6) is 5.75 Å². The van der Waals surface area contributed by atoms with Crippen molar-refractivity contribution in [3.05, 3.63) is 29.8 Å². The Morgan fingerprint density at radius 3 is 2.60 bits per heavy atom. The van der Waals surface area contributed by atoms with Crippen LogP contribution in [0.3, 0.4) is 0 Å². The molecule has 1 N–H and O–H groups in total. The molecule has 1 fully saturated rings. The molecular weight excluding hydrogens is 342 g/mol. The van der Waals surface area contributed by atoms with Gasteiger partial charge in [-0.1, -0.05) is 12.1 Å². The van der Waals surface area contributed by atoms with Crippen molar-refractivity contribution in [2.45, 2.75) is 26.3 Å². The molecule has 1 aliphatic heterocycles. The molecule has 1 aromatic rings. The summed E-state index contributed by atoms with van der Waals surface area (Å²) in [6.07, 6.45) is 1.39. The van der Waals surface area contributed by atoms with E-state index in [1.54, 1.807) is 0 Å². The number of hydrogen-bond donors (Lipinski definition) is 1. The Morgan fingerprint density at radius 2 is 2.00 bits per heavy atom. The Labute approximate surface area is 150 Å². The minimum absolute atomic E-state index is 0.104. The van der Waals surface area contributed by atoms with Crippen molar-refractivity contribution in [3.8, 4) is 5.75 Å². The van der Waals surface area contributed by atoms with E-state index in [4.69, 9.17) is 4.74 Å². The maximum atomic E-state index is 12.4. The number of nitrogens with one attached hydrogen (secondary N) is 1. The number of piperidine rings is 1. The molecule has 140 valence electrons. The number of rotatable bonds is 7. The second-order valence-electron chi connectivity index (χ2n) is 6.28. The highest BCUT2D eigenvalue weighted by Gasteiger charge is 2.33. The number of ether oxygens (including phenoxy) is 1. The van der Waals surface area contributed by atoms with Crippen LogP contribution in [0.1, 0.15) is 25.3 Å². The molecule has 0 spiro atoms. The first-order valence-corrected chi connectivity index (χ1v) is 9.91. The average Bonchev–Trinajstić information content (AvgIpc) is 2.61. The van der Waals surface area contributed by atoms with Crippen molar-refractivity contribution in [1.29, 1.82) is 0 Å². The molecule has 7 nitrogen and oxygen atoms in total. The van der Waals surface area contributed by atoms with Gasteiger partial charge in [-0.2, -0.15) is 17.0 Å². The van der Waals surface area contributed by atoms with Crippen molar-refractivity contribution in [3.63, 3.8) is 0 Å². The van der Waals surface area contributed by atoms with E-state index < -0.39 is 10.2 Å². The number of carbonyl (C=O) groups excluding carboxylic acids is 1. The van der Waals surface area contributed by atoms with Gasteiger partial charge in [0.1, 0.15) is 5.75 Å². The third-order valence-corrected chi connectivity index (χ3v) is 6.15. The Kier molecular flexibility index (Phi) is 6.80. The lowest BCUT2D eigenvalue weighted by Crippen LogP contribution is -2.48. The number of benzene rings is 1. The van der Waals surface area contributed by atoms with E-state index in [1.807, 2.05) is 31.2 Å². The van der Waals surface area contributed by atoms with Gasteiger partial charge in [-0.25, -0.2) is 0 Å². The van der Waals surface area contributed by atoms with Crippen LogP contribution in [-0.4, -0.2) is 56.7 Å². The highest BCUT2D eigenvalue weighted by Crippen LogP contribution is 2.20. The van der Waals surface area contributed by atoms with Crippen LogP contribution in [0, 0.1) is 5.92 Å². The van der Waals surface area contributed by atoms with E-state index in [9.17, 15) is 13.2 Å². The molecule has 1 aromatic carbocycles. The quantitative estimate of drug-likeness (QED) is 0.784. The lowest BCUT2D eigenvalue weighted by molar-refractivity contribution is -0.126. The van der Waals surface area contributed by atoms with E-state index in [0.717, 1.165) is 11.3 Å². The van der Waals surface area contributed by atoms with E-state index in [1.165, 1.54) is 22.7 Å². The average molecular weight is 369 g/mol. The summed E-state index contributed by atoms with van der Waals surface area (Å²) in [5, 5.41) is 2.91. The van der Waals surface area contributed by atoms with Gasteiger partial charge in [0, 0.05) is 33.7 Å². The Morgan fingerprint density at radius 1 is 1.32 bits per heavy atom.